The summed E-state index contributed by atoms with van der Waals surface area (Å²) < 4.78 is 21.6. The van der Waals surface area contributed by atoms with E-state index in [-0.39, 0.29) is 0 Å². The van der Waals surface area contributed by atoms with Gasteiger partial charge in [-0.05, 0) is 28.3 Å². The van der Waals surface area contributed by atoms with Gasteiger partial charge in [-0.15, -0.1) is 0 Å². The van der Waals surface area contributed by atoms with Crippen LogP contribution in [0.25, 0.3) is 10.8 Å². The highest BCUT2D eigenvalue weighted by molar-refractivity contribution is 7.79. The van der Waals surface area contributed by atoms with Crippen molar-refractivity contribution in [1.82, 2.24) is 0 Å². The van der Waals surface area contributed by atoms with Gasteiger partial charge in [-0.2, -0.15) is 0 Å². The van der Waals surface area contributed by atoms with E-state index >= 15 is 0 Å². The molecule has 0 heterocycles. The van der Waals surface area contributed by atoms with Gasteiger partial charge in [0, 0.05) is 0 Å². The fourth-order valence-corrected chi connectivity index (χ4v) is 3.41. The van der Waals surface area contributed by atoms with E-state index in [2.05, 4.69) is 0 Å². The van der Waals surface area contributed by atoms with E-state index in [1.54, 1.807) is 0 Å². The maximum atomic E-state index is 11.9. The third kappa shape index (κ3) is 3.04. The summed E-state index contributed by atoms with van der Waals surface area (Å²) >= 11 is -1.91. The van der Waals surface area contributed by atoms with E-state index in [0.717, 1.165) is 21.9 Å². The molecule has 0 bridgehead atoms. The summed E-state index contributed by atoms with van der Waals surface area (Å²) in [7, 11) is 0. The van der Waals surface area contributed by atoms with Crippen molar-refractivity contribution in [2.24, 2.45) is 0 Å². The Balaban J connectivity index is 2.06. The van der Waals surface area contributed by atoms with Gasteiger partial charge in [-0.25, -0.2) is 4.21 Å². The zero-order chi connectivity index (χ0) is 14.7. The molecule has 0 saturated carbocycles. The normalized spacial score (nSPS) is 14.0. The van der Waals surface area contributed by atoms with Gasteiger partial charge in [-0.3, -0.25) is 0 Å². The van der Waals surface area contributed by atoms with Crippen LogP contribution in [0, 0.1) is 0 Å². The first-order chi connectivity index (χ1) is 10.3. The number of benzene rings is 3. The standard InChI is InChI=1S/C18H16O2S/c19-21(20)18(13-14-7-2-1-3-8-14)17-12-6-10-15-9-4-5-11-16(15)17/h1-12,18H,13H2,(H,19,20). The fraction of sp³-hybridized carbons (Fsp3) is 0.111. The molecule has 0 aliphatic rings. The fourth-order valence-electron chi connectivity index (χ4n) is 2.65. The van der Waals surface area contributed by atoms with E-state index in [4.69, 9.17) is 0 Å². The summed E-state index contributed by atoms with van der Waals surface area (Å²) in [6.07, 6.45) is 0.554. The Morgan fingerprint density at radius 3 is 2.29 bits per heavy atom. The molecule has 21 heavy (non-hydrogen) atoms. The molecule has 3 aromatic rings. The van der Waals surface area contributed by atoms with Crippen LogP contribution in [-0.2, 0) is 17.5 Å². The molecule has 3 rings (SSSR count). The van der Waals surface area contributed by atoms with Crippen molar-refractivity contribution in [3.63, 3.8) is 0 Å². The minimum Gasteiger partial charge on any atom is -0.306 e. The average Bonchev–Trinajstić information content (AvgIpc) is 2.53. The SMILES string of the molecule is O=S(O)C(Cc1ccccc1)c1cccc2ccccc12. The number of rotatable bonds is 4. The molecule has 2 unspecified atom stereocenters. The molecule has 0 aliphatic carbocycles. The van der Waals surface area contributed by atoms with Crippen molar-refractivity contribution in [2.45, 2.75) is 11.7 Å². The van der Waals surface area contributed by atoms with Crippen LogP contribution in [0.1, 0.15) is 16.4 Å². The third-order valence-corrected chi connectivity index (χ3v) is 4.58. The first-order valence-corrected chi connectivity index (χ1v) is 8.04. The molecule has 0 amide bonds. The first-order valence-electron chi connectivity index (χ1n) is 6.87. The zero-order valence-corrected chi connectivity index (χ0v) is 12.3. The Bertz CT molecular complexity index is 763. The molecule has 3 heteroatoms. The van der Waals surface area contributed by atoms with Gasteiger partial charge in [0.2, 0.25) is 0 Å². The van der Waals surface area contributed by atoms with Gasteiger partial charge in [0.1, 0.15) is 0 Å². The minimum atomic E-state index is -1.91. The second kappa shape index (κ2) is 6.20. The Kier molecular flexibility index (Phi) is 4.13. The van der Waals surface area contributed by atoms with Crippen molar-refractivity contribution < 1.29 is 8.76 Å². The van der Waals surface area contributed by atoms with E-state index in [1.807, 2.05) is 72.8 Å². The van der Waals surface area contributed by atoms with Gasteiger partial charge in [0.25, 0.3) is 0 Å². The average molecular weight is 296 g/mol. The Hall–Kier alpha value is -1.97. The molecule has 0 saturated heterocycles. The molecule has 2 nitrogen and oxygen atoms in total. The smallest absolute Gasteiger partial charge is 0.160 e. The molecule has 0 radical (unpaired) electrons. The van der Waals surface area contributed by atoms with Crippen LogP contribution >= 0.6 is 0 Å². The van der Waals surface area contributed by atoms with Crippen LogP contribution < -0.4 is 0 Å². The molecule has 3 aromatic carbocycles. The number of fused-ring (bicyclic) bond motifs is 1. The highest BCUT2D eigenvalue weighted by Crippen LogP contribution is 2.30. The van der Waals surface area contributed by atoms with Gasteiger partial charge >= 0.3 is 0 Å². The van der Waals surface area contributed by atoms with E-state index in [0.29, 0.717) is 6.42 Å². The molecular formula is C18H16O2S. The van der Waals surface area contributed by atoms with Crippen LogP contribution in [0.4, 0.5) is 0 Å². The minimum absolute atomic E-state index is 0.418. The van der Waals surface area contributed by atoms with Crippen molar-refractivity contribution in [2.75, 3.05) is 0 Å². The van der Waals surface area contributed by atoms with Gasteiger partial charge in [0.15, 0.2) is 11.1 Å². The van der Waals surface area contributed by atoms with Crippen LogP contribution in [0.3, 0.4) is 0 Å². The predicted molar refractivity (Wildman–Crippen MR) is 87.6 cm³/mol. The van der Waals surface area contributed by atoms with Crippen molar-refractivity contribution in [3.05, 3.63) is 83.9 Å². The van der Waals surface area contributed by atoms with Gasteiger partial charge in [0.05, 0.1) is 5.25 Å². The lowest BCUT2D eigenvalue weighted by Gasteiger charge is -2.16. The van der Waals surface area contributed by atoms with Crippen LogP contribution in [0.5, 0.6) is 0 Å². The summed E-state index contributed by atoms with van der Waals surface area (Å²) in [4.78, 5) is 0. The molecule has 2 atom stereocenters. The monoisotopic (exact) mass is 296 g/mol. The summed E-state index contributed by atoms with van der Waals surface area (Å²) in [6, 6.07) is 23.7. The maximum absolute atomic E-state index is 11.9. The Labute approximate surface area is 126 Å². The van der Waals surface area contributed by atoms with Crippen molar-refractivity contribution in [1.29, 1.82) is 0 Å². The summed E-state index contributed by atoms with van der Waals surface area (Å²) in [6.45, 7) is 0. The zero-order valence-electron chi connectivity index (χ0n) is 11.5. The Morgan fingerprint density at radius 1 is 0.857 bits per heavy atom. The van der Waals surface area contributed by atoms with E-state index in [9.17, 15) is 8.76 Å². The van der Waals surface area contributed by atoms with Crippen molar-refractivity contribution in [3.8, 4) is 0 Å². The molecule has 1 N–H and O–H groups in total. The van der Waals surface area contributed by atoms with Gasteiger partial charge < -0.3 is 4.55 Å². The molecule has 0 spiro atoms. The van der Waals surface area contributed by atoms with E-state index < -0.39 is 16.3 Å². The lowest BCUT2D eigenvalue weighted by Crippen LogP contribution is -2.09. The summed E-state index contributed by atoms with van der Waals surface area (Å²) in [5.74, 6) is 0. The highest BCUT2D eigenvalue weighted by atomic mass is 32.2. The van der Waals surface area contributed by atoms with Crippen LogP contribution in [-0.4, -0.2) is 8.76 Å². The second-order valence-electron chi connectivity index (χ2n) is 5.02. The highest BCUT2D eigenvalue weighted by Gasteiger charge is 2.20. The van der Waals surface area contributed by atoms with Crippen LogP contribution in [0.2, 0.25) is 0 Å². The quantitative estimate of drug-likeness (QED) is 0.727. The largest absolute Gasteiger partial charge is 0.306 e. The lowest BCUT2D eigenvalue weighted by molar-refractivity contribution is 0.549. The predicted octanol–water partition coefficient (Wildman–Crippen LogP) is 4.35. The number of hydrogen-bond acceptors (Lipinski definition) is 1. The third-order valence-electron chi connectivity index (χ3n) is 3.68. The molecule has 0 fully saturated rings. The summed E-state index contributed by atoms with van der Waals surface area (Å²) in [5, 5.41) is 1.72. The van der Waals surface area contributed by atoms with Crippen LogP contribution in [0.15, 0.2) is 72.8 Å². The lowest BCUT2D eigenvalue weighted by atomic mass is 9.98. The summed E-state index contributed by atoms with van der Waals surface area (Å²) in [5.41, 5.74) is 2.00. The molecule has 106 valence electrons. The topological polar surface area (TPSA) is 37.3 Å². The molecular weight excluding hydrogens is 280 g/mol. The molecule has 0 aromatic heterocycles. The second-order valence-corrected chi connectivity index (χ2v) is 6.14. The maximum Gasteiger partial charge on any atom is 0.160 e. The first kappa shape index (κ1) is 14.0. The number of hydrogen-bond donors (Lipinski definition) is 1. The van der Waals surface area contributed by atoms with Gasteiger partial charge in [-0.1, -0.05) is 72.8 Å². The van der Waals surface area contributed by atoms with Crippen molar-refractivity contribution >= 4 is 21.9 Å². The van der Waals surface area contributed by atoms with E-state index in [1.165, 1.54) is 0 Å². The molecule has 0 aliphatic heterocycles. The Morgan fingerprint density at radius 2 is 1.52 bits per heavy atom.